The number of rotatable bonds is 5. The molecule has 146 valence electrons. The molecule has 4 rings (SSSR count). The molecule has 8 heteroatoms. The van der Waals surface area contributed by atoms with Crippen molar-refractivity contribution in [1.82, 2.24) is 14.6 Å². The number of anilines is 1. The second-order valence-electron chi connectivity index (χ2n) is 6.24. The van der Waals surface area contributed by atoms with Crippen molar-refractivity contribution < 1.29 is 9.53 Å². The Kier molecular flexibility index (Phi) is 5.44. The Labute approximate surface area is 176 Å². The maximum absolute atomic E-state index is 13.4. The molecule has 0 atom stereocenters. The van der Waals surface area contributed by atoms with Gasteiger partial charge in [-0.05, 0) is 42.0 Å². The largest absolute Gasteiger partial charge is 0.497 e. The normalized spacial score (nSPS) is 10.7. The molecule has 2 aromatic heterocycles. The Hall–Kier alpha value is -3.39. The third-order valence-corrected chi connectivity index (χ3v) is 5.13. The zero-order valence-electron chi connectivity index (χ0n) is 15.6. The highest BCUT2D eigenvalue weighted by Crippen LogP contribution is 2.24. The lowest BCUT2D eigenvalue weighted by Crippen LogP contribution is -2.45. The third-order valence-electron chi connectivity index (χ3n) is 4.41. The third kappa shape index (κ3) is 3.93. The summed E-state index contributed by atoms with van der Waals surface area (Å²) in [5, 5.41) is 1.58. The van der Waals surface area contributed by atoms with E-state index in [0.29, 0.717) is 29.1 Å². The van der Waals surface area contributed by atoms with Crippen molar-refractivity contribution in [3.05, 3.63) is 84.8 Å². The van der Waals surface area contributed by atoms with Gasteiger partial charge in [0.25, 0.3) is 0 Å². The van der Waals surface area contributed by atoms with Gasteiger partial charge in [-0.3, -0.25) is 0 Å². The van der Waals surface area contributed by atoms with E-state index in [-0.39, 0.29) is 6.03 Å². The van der Waals surface area contributed by atoms with Gasteiger partial charge in [0.15, 0.2) is 5.65 Å². The maximum atomic E-state index is 13.4. The number of fused-ring (bicyclic) bond motifs is 1. The molecule has 0 aliphatic heterocycles. The molecular formula is C21H18BrN5O2. The summed E-state index contributed by atoms with van der Waals surface area (Å²) in [6.07, 6.45) is 3.29. The van der Waals surface area contributed by atoms with Gasteiger partial charge in [0.1, 0.15) is 17.6 Å². The van der Waals surface area contributed by atoms with Crippen LogP contribution in [-0.2, 0) is 6.54 Å². The number of carbonyl (C=O) groups is 1. The molecule has 0 bridgehead atoms. The number of hydrogen-bond acceptors (Lipinski definition) is 4. The second-order valence-corrected chi connectivity index (χ2v) is 6.95. The van der Waals surface area contributed by atoms with Crippen LogP contribution in [0.4, 0.5) is 10.5 Å². The molecule has 0 saturated heterocycles. The molecule has 0 N–H and O–H groups in total. The summed E-state index contributed by atoms with van der Waals surface area (Å²) in [6.45, 7) is 0.347. The molecule has 0 unspecified atom stereocenters. The molecular weight excluding hydrogens is 434 g/mol. The van der Waals surface area contributed by atoms with Gasteiger partial charge in [0.2, 0.25) is 0 Å². The molecule has 2 aromatic carbocycles. The molecule has 2 amide bonds. The lowest BCUT2D eigenvalue weighted by atomic mass is 10.2. The monoisotopic (exact) mass is 451 g/mol. The second kappa shape index (κ2) is 8.32. The number of carbonyl (C=O) groups excluding carboxylic acids is 1. The number of urea groups is 1. The van der Waals surface area contributed by atoms with Crippen LogP contribution in [0.5, 0.6) is 5.75 Å². The summed E-state index contributed by atoms with van der Waals surface area (Å²) in [4.78, 5) is 22.2. The average Bonchev–Trinajstić information content (AvgIpc) is 3.21. The van der Waals surface area contributed by atoms with Crippen molar-refractivity contribution in [2.75, 3.05) is 16.0 Å². The number of benzene rings is 2. The molecule has 0 aliphatic rings. The topological polar surface area (TPSA) is 63.5 Å². The number of pyridine rings is 1. The first kappa shape index (κ1) is 18.9. The highest BCUT2D eigenvalue weighted by atomic mass is 79.9. The van der Waals surface area contributed by atoms with Crippen LogP contribution >= 0.6 is 16.1 Å². The van der Waals surface area contributed by atoms with E-state index >= 15 is 0 Å². The van der Waals surface area contributed by atoms with Gasteiger partial charge in [-0.15, -0.1) is 0 Å². The van der Waals surface area contributed by atoms with Crippen LogP contribution in [0, 0.1) is 0 Å². The molecule has 2 heterocycles. The summed E-state index contributed by atoms with van der Waals surface area (Å²) in [7, 11) is 1.60. The maximum Gasteiger partial charge on any atom is 0.354 e. The summed E-state index contributed by atoms with van der Waals surface area (Å²) in [6, 6.07) is 20.4. The van der Waals surface area contributed by atoms with Gasteiger partial charge >= 0.3 is 6.03 Å². The quantitative estimate of drug-likeness (QED) is 0.418. The van der Waals surface area contributed by atoms with E-state index in [1.807, 2.05) is 42.5 Å². The first-order chi connectivity index (χ1) is 14.2. The van der Waals surface area contributed by atoms with Gasteiger partial charge in [0, 0.05) is 6.20 Å². The van der Waals surface area contributed by atoms with E-state index in [0.717, 1.165) is 5.56 Å². The van der Waals surface area contributed by atoms with Crippen molar-refractivity contribution in [2.24, 2.45) is 0 Å². The average molecular weight is 452 g/mol. The van der Waals surface area contributed by atoms with Crippen molar-refractivity contribution in [2.45, 2.75) is 6.54 Å². The fourth-order valence-corrected chi connectivity index (χ4v) is 3.35. The Balaban J connectivity index is 1.71. The number of imidazole rings is 1. The number of methoxy groups -OCH3 is 1. The molecule has 0 radical (unpaired) electrons. The van der Waals surface area contributed by atoms with Crippen LogP contribution in [0.3, 0.4) is 0 Å². The first-order valence-electron chi connectivity index (χ1n) is 8.91. The summed E-state index contributed by atoms with van der Waals surface area (Å²) in [5.74, 6) is 0.716. The highest BCUT2D eigenvalue weighted by Gasteiger charge is 2.24. The Bertz CT molecular complexity index is 1110. The van der Waals surface area contributed by atoms with E-state index in [9.17, 15) is 4.79 Å². The first-order valence-corrected chi connectivity index (χ1v) is 9.62. The van der Waals surface area contributed by atoms with Gasteiger partial charge < -0.3 is 4.74 Å². The molecule has 0 fully saturated rings. The van der Waals surface area contributed by atoms with Gasteiger partial charge in [-0.1, -0.05) is 30.3 Å². The summed E-state index contributed by atoms with van der Waals surface area (Å²) < 4.78 is 8.27. The van der Waals surface area contributed by atoms with Crippen LogP contribution in [0.2, 0.25) is 0 Å². The van der Waals surface area contributed by atoms with Crippen molar-refractivity contribution in [3.8, 4) is 5.75 Å². The van der Waals surface area contributed by atoms with Crippen LogP contribution in [0.1, 0.15) is 5.56 Å². The number of ether oxygens (including phenoxy) is 1. The predicted octanol–water partition coefficient (Wildman–Crippen LogP) is 4.51. The van der Waals surface area contributed by atoms with E-state index in [1.54, 1.807) is 53.6 Å². The van der Waals surface area contributed by atoms with E-state index in [4.69, 9.17) is 4.74 Å². The lowest BCUT2D eigenvalue weighted by molar-refractivity contribution is 0.249. The minimum absolute atomic E-state index is 0.288. The van der Waals surface area contributed by atoms with Crippen molar-refractivity contribution in [1.29, 1.82) is 0 Å². The minimum Gasteiger partial charge on any atom is -0.497 e. The van der Waals surface area contributed by atoms with E-state index < -0.39 is 0 Å². The van der Waals surface area contributed by atoms with Crippen LogP contribution in [-0.4, -0.2) is 27.8 Å². The number of aromatic nitrogens is 3. The van der Waals surface area contributed by atoms with E-state index in [2.05, 4.69) is 26.1 Å². The zero-order chi connectivity index (χ0) is 20.2. The standard InChI is InChI=1S/C21H18BrN5O2/c1-29-18-11-9-17(10-12-18)27(22)21(28)25(14-16-6-3-2-4-7-16)26-15-24-19-8-5-13-23-20(19)26/h2-13,15H,14H2,1H3. The van der Waals surface area contributed by atoms with Gasteiger partial charge in [-0.25, -0.2) is 28.4 Å². The van der Waals surface area contributed by atoms with Crippen LogP contribution in [0.25, 0.3) is 11.2 Å². The van der Waals surface area contributed by atoms with Gasteiger partial charge in [-0.2, -0.15) is 0 Å². The summed E-state index contributed by atoms with van der Waals surface area (Å²) in [5.41, 5.74) is 2.97. The number of halogens is 1. The van der Waals surface area contributed by atoms with Crippen molar-refractivity contribution in [3.63, 3.8) is 0 Å². The highest BCUT2D eigenvalue weighted by molar-refractivity contribution is 9.10. The van der Waals surface area contributed by atoms with Crippen molar-refractivity contribution >= 4 is 39.0 Å². The smallest absolute Gasteiger partial charge is 0.354 e. The molecule has 7 nitrogen and oxygen atoms in total. The number of nitrogens with zero attached hydrogens (tertiary/aromatic N) is 5. The minimum atomic E-state index is -0.288. The Morgan fingerprint density at radius 1 is 1.03 bits per heavy atom. The fourth-order valence-electron chi connectivity index (χ4n) is 2.93. The predicted molar refractivity (Wildman–Crippen MR) is 116 cm³/mol. The molecule has 0 spiro atoms. The molecule has 0 aliphatic carbocycles. The molecule has 0 saturated carbocycles. The Morgan fingerprint density at radius 2 is 1.79 bits per heavy atom. The SMILES string of the molecule is COc1ccc(N(Br)C(=O)N(Cc2ccccc2)n2cnc3cccnc32)cc1. The lowest BCUT2D eigenvalue weighted by Gasteiger charge is -2.27. The molecule has 4 aromatic rings. The summed E-state index contributed by atoms with van der Waals surface area (Å²) >= 11 is 3.41. The number of hydrogen-bond donors (Lipinski definition) is 0. The van der Waals surface area contributed by atoms with E-state index in [1.165, 1.54) is 3.93 Å². The molecule has 29 heavy (non-hydrogen) atoms. The fraction of sp³-hybridized carbons (Fsp3) is 0.0952. The zero-order valence-corrected chi connectivity index (χ0v) is 17.2. The van der Waals surface area contributed by atoms with Crippen LogP contribution in [0.15, 0.2) is 79.3 Å². The Morgan fingerprint density at radius 3 is 2.52 bits per heavy atom. The number of amides is 2. The van der Waals surface area contributed by atoms with Crippen LogP contribution < -0.4 is 13.7 Å². The van der Waals surface area contributed by atoms with Gasteiger partial charge in [0.05, 0.1) is 35.5 Å².